The van der Waals surface area contributed by atoms with Crippen LogP contribution in [0.1, 0.15) is 74.9 Å². The molecule has 0 N–H and O–H groups in total. The molecule has 0 saturated heterocycles. The van der Waals surface area contributed by atoms with Crippen LogP contribution in [0.5, 0.6) is 0 Å². The van der Waals surface area contributed by atoms with Gasteiger partial charge in [0, 0.05) is 10.8 Å². The van der Waals surface area contributed by atoms with Gasteiger partial charge in [0.15, 0.2) is 0 Å². The maximum atomic E-state index is 6.54. The van der Waals surface area contributed by atoms with E-state index in [4.69, 9.17) is 4.74 Å². The largest absolute Gasteiger partial charge is 0.380 e. The van der Waals surface area contributed by atoms with E-state index in [9.17, 15) is 0 Å². The molecule has 0 heterocycles. The van der Waals surface area contributed by atoms with Gasteiger partial charge in [-0.1, -0.05) is 77.9 Å². The lowest BCUT2D eigenvalue weighted by molar-refractivity contribution is 0.0271. The van der Waals surface area contributed by atoms with Crippen molar-refractivity contribution in [2.24, 2.45) is 11.8 Å². The highest BCUT2D eigenvalue weighted by molar-refractivity contribution is 5.36. The van der Waals surface area contributed by atoms with Crippen LogP contribution in [0.2, 0.25) is 0 Å². The fourth-order valence-corrected chi connectivity index (χ4v) is 3.84. The number of ether oxygens (including phenoxy) is 1. The third kappa shape index (κ3) is 4.94. The summed E-state index contributed by atoms with van der Waals surface area (Å²) in [5.41, 5.74) is 8.18. The van der Waals surface area contributed by atoms with E-state index >= 15 is 0 Å². The van der Waals surface area contributed by atoms with Gasteiger partial charge in [0.25, 0.3) is 0 Å². The highest BCUT2D eigenvalue weighted by atomic mass is 16.5. The zero-order valence-electron chi connectivity index (χ0n) is 20.4. The first-order chi connectivity index (χ1) is 13.4. The minimum Gasteiger partial charge on any atom is -0.380 e. The van der Waals surface area contributed by atoms with Gasteiger partial charge in [0.05, 0.1) is 13.2 Å². The normalized spacial score (nSPS) is 16.1. The topological polar surface area (TPSA) is 9.23 Å². The molecule has 2 unspecified atom stereocenters. The van der Waals surface area contributed by atoms with E-state index in [0.29, 0.717) is 11.8 Å². The Morgan fingerprint density at radius 3 is 1.24 bits per heavy atom. The molecule has 0 fully saturated rings. The van der Waals surface area contributed by atoms with Gasteiger partial charge < -0.3 is 4.74 Å². The average Bonchev–Trinajstić information content (AvgIpc) is 2.65. The summed E-state index contributed by atoms with van der Waals surface area (Å²) in [5.74, 6) is 0.994. The fraction of sp³-hybridized carbons (Fsp3) is 0.571. The Labute approximate surface area is 179 Å². The van der Waals surface area contributed by atoms with Gasteiger partial charge in [0.2, 0.25) is 0 Å². The Hall–Kier alpha value is -1.60. The van der Waals surface area contributed by atoms with Crippen LogP contribution in [0, 0.1) is 39.5 Å². The molecule has 0 spiro atoms. The van der Waals surface area contributed by atoms with Gasteiger partial charge in [-0.05, 0) is 72.9 Å². The predicted octanol–water partition coefficient (Wildman–Crippen LogP) is 7.46. The van der Waals surface area contributed by atoms with Crippen LogP contribution in [0.3, 0.4) is 0 Å². The second kappa shape index (κ2) is 9.04. The molecule has 1 nitrogen and oxygen atoms in total. The summed E-state index contributed by atoms with van der Waals surface area (Å²) in [4.78, 5) is 0. The molecule has 2 rings (SSSR count). The number of hydrogen-bond acceptors (Lipinski definition) is 1. The van der Waals surface area contributed by atoms with Crippen molar-refractivity contribution in [1.82, 2.24) is 0 Å². The van der Waals surface area contributed by atoms with Crippen molar-refractivity contribution >= 4 is 0 Å². The lowest BCUT2D eigenvalue weighted by atomic mass is 9.72. The summed E-state index contributed by atoms with van der Waals surface area (Å²) in [6.07, 6.45) is 0. The zero-order chi connectivity index (χ0) is 22.0. The lowest BCUT2D eigenvalue weighted by Crippen LogP contribution is -2.39. The van der Waals surface area contributed by atoms with E-state index in [1.54, 1.807) is 0 Å². The first kappa shape index (κ1) is 23.7. The first-order valence-electron chi connectivity index (χ1n) is 11.1. The van der Waals surface area contributed by atoms with Crippen LogP contribution in [-0.4, -0.2) is 13.2 Å². The Bertz CT molecular complexity index is 763. The molecular weight excluding hydrogens is 352 g/mol. The van der Waals surface area contributed by atoms with Crippen molar-refractivity contribution in [3.05, 3.63) is 69.8 Å². The average molecular weight is 395 g/mol. The second-order valence-corrected chi connectivity index (χ2v) is 10.2. The molecule has 0 aliphatic rings. The number of benzene rings is 2. The summed E-state index contributed by atoms with van der Waals surface area (Å²) < 4.78 is 6.54. The van der Waals surface area contributed by atoms with Gasteiger partial charge >= 0.3 is 0 Å². The molecule has 0 aliphatic heterocycles. The van der Waals surface area contributed by atoms with Crippen LogP contribution < -0.4 is 0 Å². The maximum absolute atomic E-state index is 6.54. The van der Waals surface area contributed by atoms with Crippen LogP contribution >= 0.6 is 0 Å². The molecule has 0 bridgehead atoms. The molecule has 160 valence electrons. The van der Waals surface area contributed by atoms with Gasteiger partial charge in [-0.25, -0.2) is 0 Å². The van der Waals surface area contributed by atoms with Gasteiger partial charge in [-0.15, -0.1) is 0 Å². The van der Waals surface area contributed by atoms with Crippen molar-refractivity contribution < 1.29 is 4.74 Å². The third-order valence-electron chi connectivity index (χ3n) is 7.69. The van der Waals surface area contributed by atoms with Crippen LogP contribution in [0.15, 0.2) is 36.4 Å². The van der Waals surface area contributed by atoms with Crippen molar-refractivity contribution in [1.29, 1.82) is 0 Å². The Morgan fingerprint density at radius 1 is 0.621 bits per heavy atom. The van der Waals surface area contributed by atoms with Crippen molar-refractivity contribution in [2.45, 2.75) is 80.1 Å². The molecule has 2 atom stereocenters. The lowest BCUT2D eigenvalue weighted by Gasteiger charge is -2.39. The van der Waals surface area contributed by atoms with Crippen LogP contribution in [0.4, 0.5) is 0 Å². The summed E-state index contributed by atoms with van der Waals surface area (Å²) in [6, 6.07) is 13.8. The smallest absolute Gasteiger partial charge is 0.0563 e. The summed E-state index contributed by atoms with van der Waals surface area (Å²) in [5, 5.41) is 0. The Kier molecular flexibility index (Phi) is 7.38. The van der Waals surface area contributed by atoms with E-state index in [1.807, 2.05) is 0 Å². The van der Waals surface area contributed by atoms with Gasteiger partial charge in [0.1, 0.15) is 0 Å². The predicted molar refractivity (Wildman–Crippen MR) is 127 cm³/mol. The third-order valence-corrected chi connectivity index (χ3v) is 7.69. The summed E-state index contributed by atoms with van der Waals surface area (Å²) in [6.45, 7) is 24.2. The van der Waals surface area contributed by atoms with Gasteiger partial charge in [-0.3, -0.25) is 0 Å². The van der Waals surface area contributed by atoms with E-state index < -0.39 is 0 Å². The van der Waals surface area contributed by atoms with Crippen molar-refractivity contribution in [2.75, 3.05) is 13.2 Å². The minimum atomic E-state index is -0.000454. The first-order valence-corrected chi connectivity index (χ1v) is 11.1. The molecule has 2 aromatic carbocycles. The van der Waals surface area contributed by atoms with Gasteiger partial charge in [-0.2, -0.15) is 0 Å². The van der Waals surface area contributed by atoms with E-state index in [0.717, 1.165) is 13.2 Å². The molecule has 0 radical (unpaired) electrons. The van der Waals surface area contributed by atoms with Crippen LogP contribution in [-0.2, 0) is 15.6 Å². The second-order valence-electron chi connectivity index (χ2n) is 10.2. The minimum absolute atomic E-state index is 0.000454. The fourth-order valence-electron chi connectivity index (χ4n) is 3.84. The van der Waals surface area contributed by atoms with E-state index in [2.05, 4.69) is 106 Å². The molecule has 29 heavy (non-hydrogen) atoms. The van der Waals surface area contributed by atoms with Crippen LogP contribution in [0.25, 0.3) is 0 Å². The number of rotatable bonds is 8. The zero-order valence-corrected chi connectivity index (χ0v) is 20.4. The van der Waals surface area contributed by atoms with E-state index in [-0.39, 0.29) is 10.8 Å². The molecule has 2 aromatic rings. The Morgan fingerprint density at radius 2 is 0.966 bits per heavy atom. The highest BCUT2D eigenvalue weighted by Crippen LogP contribution is 2.37. The van der Waals surface area contributed by atoms with E-state index in [1.165, 1.54) is 33.4 Å². The van der Waals surface area contributed by atoms with Crippen molar-refractivity contribution in [3.63, 3.8) is 0 Å². The summed E-state index contributed by atoms with van der Waals surface area (Å²) in [7, 11) is 0. The molecule has 0 saturated carbocycles. The number of aryl methyl sites for hydroxylation is 4. The van der Waals surface area contributed by atoms with Crippen molar-refractivity contribution in [3.8, 4) is 0 Å². The monoisotopic (exact) mass is 394 g/mol. The summed E-state index contributed by atoms with van der Waals surface area (Å²) >= 11 is 0. The standard InChI is InChI=1S/C28H42O/c1-19(2)27(9,25-13-11-21(5)23(7)15-25)17-29-18-28(10,20(3)4)26-14-12-22(6)24(8)16-26/h11-16,19-20H,17-18H2,1-10H3. The molecular formula is C28H42O. The Balaban J connectivity index is 2.25. The highest BCUT2D eigenvalue weighted by Gasteiger charge is 2.35. The molecule has 0 amide bonds. The SMILES string of the molecule is Cc1ccc(C(C)(COCC(C)(c2ccc(C)c(C)c2)C(C)C)C(C)C)cc1C. The molecule has 0 aromatic heterocycles. The molecule has 1 heteroatoms. The quantitative estimate of drug-likeness (QED) is 0.451. The molecule has 0 aliphatic carbocycles. The maximum Gasteiger partial charge on any atom is 0.0563 e. The number of hydrogen-bond donors (Lipinski definition) is 0.